The van der Waals surface area contributed by atoms with Crippen molar-refractivity contribution in [3.63, 3.8) is 0 Å². The molecule has 1 fully saturated rings. The molecule has 0 aromatic rings. The van der Waals surface area contributed by atoms with E-state index in [0.717, 1.165) is 19.4 Å². The van der Waals surface area contributed by atoms with Crippen LogP contribution < -0.4 is 11.1 Å². The van der Waals surface area contributed by atoms with E-state index in [9.17, 15) is 4.79 Å². The van der Waals surface area contributed by atoms with E-state index in [1.807, 2.05) is 13.8 Å². The van der Waals surface area contributed by atoms with Crippen molar-refractivity contribution in [1.82, 2.24) is 5.32 Å². The van der Waals surface area contributed by atoms with E-state index < -0.39 is 0 Å². The van der Waals surface area contributed by atoms with Crippen LogP contribution in [0.2, 0.25) is 0 Å². The molecule has 1 rings (SSSR count). The maximum absolute atomic E-state index is 11.4. The lowest BCUT2D eigenvalue weighted by atomic mass is 10.0. The van der Waals surface area contributed by atoms with Gasteiger partial charge in [-0.2, -0.15) is 0 Å². The minimum absolute atomic E-state index is 0. The first-order valence-corrected chi connectivity index (χ1v) is 5.24. The molecule has 0 bridgehead atoms. The van der Waals surface area contributed by atoms with Crippen molar-refractivity contribution >= 4 is 18.3 Å². The summed E-state index contributed by atoms with van der Waals surface area (Å²) in [5, 5.41) is 2.98. The van der Waals surface area contributed by atoms with Gasteiger partial charge in [-0.3, -0.25) is 4.79 Å². The van der Waals surface area contributed by atoms with Gasteiger partial charge in [0.2, 0.25) is 5.91 Å². The summed E-state index contributed by atoms with van der Waals surface area (Å²) in [6.45, 7) is 4.61. The largest absolute Gasteiger partial charge is 0.378 e. The lowest BCUT2D eigenvalue weighted by Gasteiger charge is -2.28. The Morgan fingerprint density at radius 1 is 1.67 bits per heavy atom. The number of nitrogens with one attached hydrogen (secondary N) is 1. The minimum atomic E-state index is -0.0627. The molecule has 1 saturated heterocycles. The summed E-state index contributed by atoms with van der Waals surface area (Å²) in [6.07, 6.45) is 2.48. The predicted molar refractivity (Wildman–Crippen MR) is 62.1 cm³/mol. The monoisotopic (exact) mass is 236 g/mol. The Morgan fingerprint density at radius 2 is 2.33 bits per heavy atom. The number of rotatable bonds is 3. The van der Waals surface area contributed by atoms with Crippen molar-refractivity contribution in [3.8, 4) is 0 Å². The van der Waals surface area contributed by atoms with Gasteiger partial charge in [0.1, 0.15) is 0 Å². The van der Waals surface area contributed by atoms with Crippen LogP contribution in [-0.4, -0.2) is 30.7 Å². The second-order valence-electron chi connectivity index (χ2n) is 4.15. The molecular formula is C10H21ClN2O2. The van der Waals surface area contributed by atoms with E-state index in [1.165, 1.54) is 0 Å². The van der Waals surface area contributed by atoms with Gasteiger partial charge in [-0.15, -0.1) is 12.4 Å². The molecule has 0 saturated carbocycles. The third-order valence-electron chi connectivity index (χ3n) is 2.36. The Morgan fingerprint density at radius 3 is 2.87 bits per heavy atom. The maximum atomic E-state index is 11.4. The van der Waals surface area contributed by atoms with Gasteiger partial charge in [0.25, 0.3) is 0 Å². The second-order valence-corrected chi connectivity index (χ2v) is 4.15. The van der Waals surface area contributed by atoms with Crippen LogP contribution in [0.3, 0.4) is 0 Å². The molecule has 0 aliphatic carbocycles. The average molecular weight is 237 g/mol. The summed E-state index contributed by atoms with van der Waals surface area (Å²) in [6, 6.07) is 0.206. The quantitative estimate of drug-likeness (QED) is 0.763. The van der Waals surface area contributed by atoms with Gasteiger partial charge in [-0.05, 0) is 26.7 Å². The first kappa shape index (κ1) is 14.7. The fourth-order valence-corrected chi connectivity index (χ4v) is 1.71. The van der Waals surface area contributed by atoms with Crippen molar-refractivity contribution < 1.29 is 9.53 Å². The summed E-state index contributed by atoms with van der Waals surface area (Å²) < 4.78 is 5.39. The van der Waals surface area contributed by atoms with Crippen LogP contribution >= 0.6 is 12.4 Å². The van der Waals surface area contributed by atoms with Crippen molar-refractivity contribution in [3.05, 3.63) is 0 Å². The van der Waals surface area contributed by atoms with Crippen molar-refractivity contribution in [2.45, 2.75) is 51.3 Å². The van der Waals surface area contributed by atoms with Gasteiger partial charge >= 0.3 is 0 Å². The van der Waals surface area contributed by atoms with Crippen LogP contribution in [0.15, 0.2) is 0 Å². The highest BCUT2D eigenvalue weighted by Gasteiger charge is 2.20. The molecule has 0 spiro atoms. The molecule has 4 nitrogen and oxygen atoms in total. The van der Waals surface area contributed by atoms with Crippen LogP contribution in [0.1, 0.15) is 33.1 Å². The number of hydrogen-bond donors (Lipinski definition) is 2. The van der Waals surface area contributed by atoms with Crippen molar-refractivity contribution in [2.24, 2.45) is 5.73 Å². The zero-order chi connectivity index (χ0) is 10.6. The molecular weight excluding hydrogens is 216 g/mol. The van der Waals surface area contributed by atoms with Crippen LogP contribution in [0.5, 0.6) is 0 Å². The van der Waals surface area contributed by atoms with Crippen LogP contribution in [-0.2, 0) is 9.53 Å². The Labute approximate surface area is 97.3 Å². The molecule has 1 aliphatic rings. The highest BCUT2D eigenvalue weighted by Crippen LogP contribution is 2.13. The highest BCUT2D eigenvalue weighted by atomic mass is 35.5. The zero-order valence-corrected chi connectivity index (χ0v) is 10.2. The van der Waals surface area contributed by atoms with Gasteiger partial charge in [-0.1, -0.05) is 0 Å². The van der Waals surface area contributed by atoms with E-state index in [0.29, 0.717) is 6.42 Å². The Bertz CT molecular complexity index is 200. The fourth-order valence-electron chi connectivity index (χ4n) is 1.71. The number of carbonyl (C=O) groups excluding carboxylic acids is 1. The van der Waals surface area contributed by atoms with Gasteiger partial charge in [0.05, 0.1) is 6.10 Å². The topological polar surface area (TPSA) is 64.4 Å². The SMILES string of the molecule is CC(N)CC(=O)NC1CCOC(C)C1.Cl. The number of amides is 1. The van der Waals surface area contributed by atoms with Gasteiger partial charge in [0, 0.05) is 25.1 Å². The second kappa shape index (κ2) is 7.04. The fraction of sp³-hybridized carbons (Fsp3) is 0.900. The smallest absolute Gasteiger partial charge is 0.221 e. The molecule has 3 atom stereocenters. The molecule has 5 heteroatoms. The normalized spacial score (nSPS) is 27.7. The van der Waals surface area contributed by atoms with E-state index >= 15 is 0 Å². The summed E-state index contributed by atoms with van der Waals surface area (Å²) in [5.74, 6) is 0.0547. The van der Waals surface area contributed by atoms with Gasteiger partial charge in [0.15, 0.2) is 0 Å². The molecule has 15 heavy (non-hydrogen) atoms. The third-order valence-corrected chi connectivity index (χ3v) is 2.36. The summed E-state index contributed by atoms with van der Waals surface area (Å²) >= 11 is 0. The summed E-state index contributed by atoms with van der Waals surface area (Å²) in [5.41, 5.74) is 5.54. The molecule has 0 aromatic carbocycles. The minimum Gasteiger partial charge on any atom is -0.378 e. The number of carbonyl (C=O) groups is 1. The van der Waals surface area contributed by atoms with E-state index in [1.54, 1.807) is 0 Å². The van der Waals surface area contributed by atoms with Crippen molar-refractivity contribution in [1.29, 1.82) is 0 Å². The predicted octanol–water partition coefficient (Wildman–Crippen LogP) is 0.829. The molecule has 3 N–H and O–H groups in total. The van der Waals surface area contributed by atoms with Crippen LogP contribution in [0.25, 0.3) is 0 Å². The molecule has 1 aliphatic heterocycles. The summed E-state index contributed by atoms with van der Waals surface area (Å²) in [7, 11) is 0. The standard InChI is InChI=1S/C10H20N2O2.ClH/c1-7(11)5-10(13)12-9-3-4-14-8(2)6-9;/h7-9H,3-6,11H2,1-2H3,(H,12,13);1H. The highest BCUT2D eigenvalue weighted by molar-refractivity contribution is 5.85. The molecule has 1 heterocycles. The Hall–Kier alpha value is -0.320. The summed E-state index contributed by atoms with van der Waals surface area (Å²) in [4.78, 5) is 11.4. The van der Waals surface area contributed by atoms with E-state index in [-0.39, 0.29) is 36.5 Å². The molecule has 1 amide bonds. The van der Waals surface area contributed by atoms with Gasteiger partial charge < -0.3 is 15.8 Å². The maximum Gasteiger partial charge on any atom is 0.221 e. The van der Waals surface area contributed by atoms with Crippen LogP contribution in [0.4, 0.5) is 0 Å². The van der Waals surface area contributed by atoms with Crippen molar-refractivity contribution in [2.75, 3.05) is 6.61 Å². The van der Waals surface area contributed by atoms with E-state index in [2.05, 4.69) is 5.32 Å². The molecule has 0 aromatic heterocycles. The molecule has 3 unspecified atom stereocenters. The first-order chi connectivity index (χ1) is 6.58. The Kier molecular flexibility index (Phi) is 6.89. The van der Waals surface area contributed by atoms with Gasteiger partial charge in [-0.25, -0.2) is 0 Å². The number of ether oxygens (including phenoxy) is 1. The number of nitrogens with two attached hydrogens (primary N) is 1. The third kappa shape index (κ3) is 5.97. The average Bonchev–Trinajstić information content (AvgIpc) is 2.01. The lowest BCUT2D eigenvalue weighted by Crippen LogP contribution is -2.42. The van der Waals surface area contributed by atoms with Crippen LogP contribution in [0, 0.1) is 0 Å². The number of hydrogen-bond acceptors (Lipinski definition) is 3. The number of halogens is 1. The molecule has 90 valence electrons. The Balaban J connectivity index is 0.00000196. The lowest BCUT2D eigenvalue weighted by molar-refractivity contribution is -0.123. The van der Waals surface area contributed by atoms with E-state index in [4.69, 9.17) is 10.5 Å². The zero-order valence-electron chi connectivity index (χ0n) is 9.36. The molecule has 0 radical (unpaired) electrons. The first-order valence-electron chi connectivity index (χ1n) is 5.24.